The topological polar surface area (TPSA) is 81.6 Å². The van der Waals surface area contributed by atoms with E-state index in [1.807, 2.05) is 36.4 Å². The molecule has 5 nitrogen and oxygen atoms in total. The third kappa shape index (κ3) is 4.04. The quantitative estimate of drug-likeness (QED) is 0.575. The minimum atomic E-state index is -0.742. The highest BCUT2D eigenvalue weighted by atomic mass is 32.1. The van der Waals surface area contributed by atoms with Gasteiger partial charge in [-0.15, -0.1) is 11.3 Å². The summed E-state index contributed by atoms with van der Waals surface area (Å²) in [5, 5.41) is 26.0. The smallest absolute Gasteiger partial charge is 0.315 e. The van der Waals surface area contributed by atoms with Crippen LogP contribution >= 0.6 is 11.3 Å². The number of rotatable bonds is 5. The summed E-state index contributed by atoms with van der Waals surface area (Å²) in [6.07, 6.45) is -0.742. The van der Waals surface area contributed by atoms with Gasteiger partial charge in [0.1, 0.15) is 11.9 Å². The number of fused-ring (bicyclic) bond motifs is 1. The van der Waals surface area contributed by atoms with Gasteiger partial charge in [0.15, 0.2) is 0 Å². The highest BCUT2D eigenvalue weighted by Gasteiger charge is 2.12. The van der Waals surface area contributed by atoms with Crippen molar-refractivity contribution in [2.45, 2.75) is 12.6 Å². The van der Waals surface area contributed by atoms with E-state index in [1.54, 1.807) is 18.2 Å². The number of thiophene rings is 1. The first kappa shape index (κ1) is 16.3. The number of urea groups is 1. The van der Waals surface area contributed by atoms with Crippen molar-refractivity contribution in [3.63, 3.8) is 0 Å². The molecule has 2 aromatic carbocycles. The molecule has 1 atom stereocenters. The molecule has 2 amide bonds. The molecule has 0 radical (unpaired) electrons. The van der Waals surface area contributed by atoms with Gasteiger partial charge in [0.25, 0.3) is 0 Å². The van der Waals surface area contributed by atoms with Gasteiger partial charge in [0.2, 0.25) is 0 Å². The average Bonchev–Trinajstić information content (AvgIpc) is 3.02. The van der Waals surface area contributed by atoms with E-state index >= 15 is 0 Å². The van der Waals surface area contributed by atoms with Crippen LogP contribution in [0.15, 0.2) is 54.6 Å². The number of nitrogens with one attached hydrogen (secondary N) is 2. The molecule has 1 unspecified atom stereocenters. The number of amides is 2. The zero-order valence-electron chi connectivity index (χ0n) is 12.9. The summed E-state index contributed by atoms with van der Waals surface area (Å²) in [5.41, 5.74) is 0.801. The Kier molecular flexibility index (Phi) is 4.98. The highest BCUT2D eigenvalue weighted by Crippen LogP contribution is 2.29. The second-order valence-corrected chi connectivity index (χ2v) is 6.55. The van der Waals surface area contributed by atoms with Crippen molar-refractivity contribution in [3.8, 4) is 5.75 Å². The summed E-state index contributed by atoms with van der Waals surface area (Å²) in [6, 6.07) is 16.2. The Bertz CT molecular complexity index is 814. The number of aliphatic hydroxyl groups excluding tert-OH is 1. The van der Waals surface area contributed by atoms with Crippen molar-refractivity contribution >= 4 is 27.5 Å². The molecule has 0 spiro atoms. The monoisotopic (exact) mass is 342 g/mol. The number of aliphatic hydroxyl groups is 1. The number of phenolic OH excluding ortho intramolecular Hbond substituents is 1. The molecular formula is C18H18N2O3S. The van der Waals surface area contributed by atoms with Crippen molar-refractivity contribution in [2.75, 3.05) is 6.54 Å². The zero-order valence-corrected chi connectivity index (χ0v) is 13.7. The van der Waals surface area contributed by atoms with Crippen molar-refractivity contribution < 1.29 is 15.0 Å². The van der Waals surface area contributed by atoms with E-state index in [0.717, 1.165) is 20.5 Å². The second kappa shape index (κ2) is 7.33. The van der Waals surface area contributed by atoms with Crippen molar-refractivity contribution in [1.82, 2.24) is 10.6 Å². The predicted octanol–water partition coefficient (Wildman–Crippen LogP) is 3.14. The van der Waals surface area contributed by atoms with E-state index < -0.39 is 6.10 Å². The SMILES string of the molecule is O=C(NCc1cccc(O)c1)NCC(O)c1cc2ccccc2s1. The maximum Gasteiger partial charge on any atom is 0.315 e. The van der Waals surface area contributed by atoms with Gasteiger partial charge < -0.3 is 20.8 Å². The second-order valence-electron chi connectivity index (χ2n) is 5.44. The zero-order chi connectivity index (χ0) is 16.9. The van der Waals surface area contributed by atoms with Gasteiger partial charge in [-0.3, -0.25) is 0 Å². The minimum absolute atomic E-state index is 0.138. The molecule has 3 rings (SSSR count). The van der Waals surface area contributed by atoms with Gasteiger partial charge in [0.05, 0.1) is 6.54 Å². The standard InChI is InChI=1S/C18H18N2O3S/c21-14-6-3-4-12(8-14)10-19-18(23)20-11-15(22)17-9-13-5-1-2-7-16(13)24-17/h1-9,15,21-22H,10-11H2,(H2,19,20,23). The van der Waals surface area contributed by atoms with Crippen LogP contribution in [0.25, 0.3) is 10.1 Å². The summed E-state index contributed by atoms with van der Waals surface area (Å²) < 4.78 is 1.11. The molecule has 24 heavy (non-hydrogen) atoms. The number of hydrogen-bond donors (Lipinski definition) is 4. The van der Waals surface area contributed by atoms with E-state index in [0.29, 0.717) is 6.54 Å². The normalized spacial score (nSPS) is 12.0. The molecular weight excluding hydrogens is 324 g/mol. The Morgan fingerprint density at radius 2 is 1.92 bits per heavy atom. The highest BCUT2D eigenvalue weighted by molar-refractivity contribution is 7.19. The summed E-state index contributed by atoms with van der Waals surface area (Å²) in [4.78, 5) is 12.6. The molecule has 1 heterocycles. The van der Waals surface area contributed by atoms with Crippen LogP contribution in [0.2, 0.25) is 0 Å². The Morgan fingerprint density at radius 1 is 1.08 bits per heavy atom. The molecule has 0 fully saturated rings. The number of benzene rings is 2. The van der Waals surface area contributed by atoms with Crippen LogP contribution in [0, 0.1) is 0 Å². The van der Waals surface area contributed by atoms with Gasteiger partial charge in [-0.05, 0) is 35.2 Å². The van der Waals surface area contributed by atoms with Gasteiger partial charge >= 0.3 is 6.03 Å². The maximum absolute atomic E-state index is 11.8. The molecule has 0 aliphatic carbocycles. The van der Waals surface area contributed by atoms with Crippen LogP contribution in [-0.2, 0) is 6.54 Å². The summed E-state index contributed by atoms with van der Waals surface area (Å²) in [5.74, 6) is 0.162. The molecule has 6 heteroatoms. The third-order valence-corrected chi connectivity index (χ3v) is 4.81. The minimum Gasteiger partial charge on any atom is -0.508 e. The molecule has 124 valence electrons. The first-order chi connectivity index (χ1) is 11.6. The Balaban J connectivity index is 1.50. The van der Waals surface area contributed by atoms with Crippen LogP contribution in [0.3, 0.4) is 0 Å². The number of aromatic hydroxyl groups is 1. The lowest BCUT2D eigenvalue weighted by molar-refractivity contribution is 0.176. The molecule has 0 bridgehead atoms. The Labute approximate surface area is 143 Å². The summed E-state index contributed by atoms with van der Waals surface area (Å²) >= 11 is 1.52. The molecule has 3 aromatic rings. The fraction of sp³-hybridized carbons (Fsp3) is 0.167. The first-order valence-corrected chi connectivity index (χ1v) is 8.39. The van der Waals surface area contributed by atoms with E-state index in [4.69, 9.17) is 0 Å². The van der Waals surface area contributed by atoms with Crippen LogP contribution in [0.1, 0.15) is 16.5 Å². The maximum atomic E-state index is 11.8. The molecule has 0 aliphatic heterocycles. The van der Waals surface area contributed by atoms with E-state index in [2.05, 4.69) is 10.6 Å². The third-order valence-electron chi connectivity index (χ3n) is 3.59. The predicted molar refractivity (Wildman–Crippen MR) is 95.1 cm³/mol. The number of carbonyl (C=O) groups is 1. The van der Waals surface area contributed by atoms with Gasteiger partial charge in [-0.25, -0.2) is 4.79 Å². The number of phenols is 1. The van der Waals surface area contributed by atoms with Gasteiger partial charge in [-0.1, -0.05) is 30.3 Å². The number of hydrogen-bond acceptors (Lipinski definition) is 4. The molecule has 0 aliphatic rings. The van der Waals surface area contributed by atoms with Gasteiger partial charge in [-0.2, -0.15) is 0 Å². The van der Waals surface area contributed by atoms with E-state index in [9.17, 15) is 15.0 Å². The fourth-order valence-electron chi connectivity index (χ4n) is 2.37. The summed E-state index contributed by atoms with van der Waals surface area (Å²) in [6.45, 7) is 0.442. The first-order valence-electron chi connectivity index (χ1n) is 7.58. The van der Waals surface area contributed by atoms with E-state index in [-0.39, 0.29) is 18.3 Å². The van der Waals surface area contributed by atoms with Crippen molar-refractivity contribution in [1.29, 1.82) is 0 Å². The molecule has 0 saturated heterocycles. The molecule has 0 saturated carbocycles. The lowest BCUT2D eigenvalue weighted by Crippen LogP contribution is -2.37. The lowest BCUT2D eigenvalue weighted by atomic mass is 10.2. The average molecular weight is 342 g/mol. The fourth-order valence-corrected chi connectivity index (χ4v) is 3.42. The summed E-state index contributed by atoms with van der Waals surface area (Å²) in [7, 11) is 0. The van der Waals surface area contributed by atoms with Crippen LogP contribution < -0.4 is 10.6 Å². The van der Waals surface area contributed by atoms with Crippen molar-refractivity contribution in [2.24, 2.45) is 0 Å². The Hall–Kier alpha value is -2.57. The van der Waals surface area contributed by atoms with E-state index in [1.165, 1.54) is 11.3 Å². The van der Waals surface area contributed by atoms with Gasteiger partial charge in [0, 0.05) is 16.1 Å². The van der Waals surface area contributed by atoms with Crippen LogP contribution in [0.5, 0.6) is 5.75 Å². The number of carbonyl (C=O) groups excluding carboxylic acids is 1. The molecule has 1 aromatic heterocycles. The largest absolute Gasteiger partial charge is 0.508 e. The Morgan fingerprint density at radius 3 is 2.71 bits per heavy atom. The van der Waals surface area contributed by atoms with Crippen LogP contribution in [-0.4, -0.2) is 22.8 Å². The molecule has 4 N–H and O–H groups in total. The lowest BCUT2D eigenvalue weighted by Gasteiger charge is -2.11. The van der Waals surface area contributed by atoms with Crippen molar-refractivity contribution in [3.05, 3.63) is 65.0 Å². The van der Waals surface area contributed by atoms with Crippen LogP contribution in [0.4, 0.5) is 4.79 Å².